The van der Waals surface area contributed by atoms with Crippen molar-refractivity contribution in [3.63, 3.8) is 0 Å². The van der Waals surface area contributed by atoms with Gasteiger partial charge in [0.1, 0.15) is 50.0 Å². The van der Waals surface area contributed by atoms with Crippen molar-refractivity contribution in [2.24, 2.45) is 0 Å². The highest BCUT2D eigenvalue weighted by Crippen LogP contribution is 2.34. The Morgan fingerprint density at radius 1 is 1.10 bits per heavy atom. The van der Waals surface area contributed by atoms with Gasteiger partial charge in [-0.05, 0) is 34.6 Å². The topological polar surface area (TPSA) is 94.2 Å². The van der Waals surface area contributed by atoms with E-state index < -0.39 is 41.8 Å². The number of hydrogen-bond donors (Lipinski definition) is 0. The van der Waals surface area contributed by atoms with Gasteiger partial charge in [0.2, 0.25) is 0 Å². The molecule has 0 spiro atoms. The molecule has 0 aliphatic carbocycles. The van der Waals surface area contributed by atoms with Crippen molar-refractivity contribution in [3.05, 3.63) is 0 Å². The summed E-state index contributed by atoms with van der Waals surface area (Å²) in [5.74, 6) is 2.55. The maximum absolute atomic E-state index is 13.1. The number of rotatable bonds is 12. The first-order chi connectivity index (χ1) is 14.5. The summed E-state index contributed by atoms with van der Waals surface area (Å²) in [6, 6.07) is -0.608. The molecule has 0 aromatic rings. The third kappa shape index (κ3) is 8.20. The van der Waals surface area contributed by atoms with Gasteiger partial charge in [-0.3, -0.25) is 4.90 Å². The van der Waals surface area contributed by atoms with Crippen LogP contribution in [0.5, 0.6) is 0 Å². The highest BCUT2D eigenvalue weighted by Gasteiger charge is 2.52. The maximum Gasteiger partial charge on any atom is 0.412 e. The van der Waals surface area contributed by atoms with Crippen LogP contribution in [-0.2, 0) is 37.9 Å². The summed E-state index contributed by atoms with van der Waals surface area (Å²) >= 11 is 0. The monoisotopic (exact) mass is 447 g/mol. The average Bonchev–Trinajstić information content (AvgIpc) is 2.99. The van der Waals surface area contributed by atoms with E-state index in [4.69, 9.17) is 44.3 Å². The van der Waals surface area contributed by atoms with E-state index in [1.165, 1.54) is 26.2 Å². The van der Waals surface area contributed by atoms with Gasteiger partial charge in [0.25, 0.3) is 0 Å². The molecule has 1 heterocycles. The lowest BCUT2D eigenvalue weighted by atomic mass is 9.99. The highest BCUT2D eigenvalue weighted by atomic mass is 16.7. The van der Waals surface area contributed by atoms with Crippen molar-refractivity contribution >= 4 is 6.09 Å². The Kier molecular flexibility index (Phi) is 11.2. The summed E-state index contributed by atoms with van der Waals surface area (Å²) in [4.78, 5) is 14.6. The number of methoxy groups -OCH3 is 3. The smallest absolute Gasteiger partial charge is 0.412 e. The van der Waals surface area contributed by atoms with E-state index in [1.807, 2.05) is 0 Å². The van der Waals surface area contributed by atoms with Gasteiger partial charge in [0.15, 0.2) is 0 Å². The van der Waals surface area contributed by atoms with E-state index in [-0.39, 0.29) is 27.0 Å². The molecule has 0 bridgehead atoms. The molecule has 1 aliphatic heterocycles. The second kappa shape index (κ2) is 12.6. The molecule has 1 aliphatic rings. The van der Waals surface area contributed by atoms with Crippen molar-refractivity contribution in [1.29, 1.82) is 0 Å². The number of nitrogens with zero attached hydrogens (tertiary/aromatic N) is 1. The Morgan fingerprint density at radius 3 is 2.16 bits per heavy atom. The summed E-state index contributed by atoms with van der Waals surface area (Å²) in [6.45, 7) is 8.88. The summed E-state index contributed by atoms with van der Waals surface area (Å²) in [5, 5.41) is 0. The van der Waals surface area contributed by atoms with Crippen LogP contribution >= 0.6 is 0 Å². The number of terminal acetylenes is 1. The zero-order valence-corrected chi connectivity index (χ0v) is 19.8. The molecule has 10 heteroatoms. The Labute approximate surface area is 185 Å². The molecule has 31 heavy (non-hydrogen) atoms. The first-order valence-corrected chi connectivity index (χ1v) is 9.96. The zero-order valence-electron chi connectivity index (χ0n) is 19.8. The third-order valence-corrected chi connectivity index (χ3v) is 4.40. The predicted molar refractivity (Wildman–Crippen MR) is 111 cm³/mol. The maximum atomic E-state index is 13.1. The van der Waals surface area contributed by atoms with Crippen LogP contribution in [-0.4, -0.2) is 95.0 Å². The fourth-order valence-corrected chi connectivity index (χ4v) is 3.19. The Morgan fingerprint density at radius 2 is 1.65 bits per heavy atom. The molecule has 0 radical (unpaired) electrons. The van der Waals surface area contributed by atoms with Crippen LogP contribution in [0, 0.1) is 12.3 Å². The number of carbonyl (C=O) groups is 1. The molecule has 0 N–H and O–H groups in total. The third-order valence-electron chi connectivity index (χ3n) is 4.40. The standard InChI is InChI=1S/C21H37NO9/c1-10-16(27-12-24-7)18(29-14-26-9)17(28-13-25-8)15-11-30-21(5,6)22(15)19(23)31-20(2,3)4/h1,15-18H,11-14H2,2-9H3/t15-,16+,17-,18-/m0/s1. The number of hydrogen-bond acceptors (Lipinski definition) is 9. The van der Waals surface area contributed by atoms with Crippen molar-refractivity contribution in [2.45, 2.75) is 70.3 Å². The molecule has 0 aromatic carbocycles. The zero-order chi connectivity index (χ0) is 23.7. The summed E-state index contributed by atoms with van der Waals surface area (Å²) < 4.78 is 44.1. The fourth-order valence-electron chi connectivity index (χ4n) is 3.19. The van der Waals surface area contributed by atoms with Gasteiger partial charge in [0, 0.05) is 21.3 Å². The van der Waals surface area contributed by atoms with E-state index in [0.717, 1.165) is 0 Å². The molecule has 1 rings (SSSR count). The van der Waals surface area contributed by atoms with E-state index >= 15 is 0 Å². The second-order valence-corrected chi connectivity index (χ2v) is 8.41. The average molecular weight is 448 g/mol. The molecular weight excluding hydrogens is 410 g/mol. The molecule has 180 valence electrons. The van der Waals surface area contributed by atoms with Crippen LogP contribution in [0.3, 0.4) is 0 Å². The van der Waals surface area contributed by atoms with Crippen LogP contribution in [0.2, 0.25) is 0 Å². The summed E-state index contributed by atoms with van der Waals surface area (Å²) in [5.41, 5.74) is -1.65. The van der Waals surface area contributed by atoms with E-state index in [0.29, 0.717) is 0 Å². The van der Waals surface area contributed by atoms with E-state index in [1.54, 1.807) is 34.6 Å². The van der Waals surface area contributed by atoms with Crippen LogP contribution in [0.1, 0.15) is 34.6 Å². The van der Waals surface area contributed by atoms with Gasteiger partial charge in [-0.25, -0.2) is 4.79 Å². The molecule has 4 atom stereocenters. The van der Waals surface area contributed by atoms with Gasteiger partial charge in [-0.2, -0.15) is 0 Å². The molecule has 0 aromatic heterocycles. The second-order valence-electron chi connectivity index (χ2n) is 8.41. The fraction of sp³-hybridized carbons (Fsp3) is 0.857. The first-order valence-electron chi connectivity index (χ1n) is 9.96. The molecule has 10 nitrogen and oxygen atoms in total. The van der Waals surface area contributed by atoms with Crippen LogP contribution in [0.25, 0.3) is 0 Å². The predicted octanol–water partition coefficient (Wildman–Crippen LogP) is 1.96. The minimum atomic E-state index is -0.952. The van der Waals surface area contributed by atoms with Gasteiger partial charge in [-0.15, -0.1) is 6.42 Å². The quantitative estimate of drug-likeness (QED) is 0.329. The number of carbonyl (C=O) groups excluding carboxylic acids is 1. The van der Waals surface area contributed by atoms with Gasteiger partial charge < -0.3 is 37.9 Å². The molecule has 0 saturated carbocycles. The van der Waals surface area contributed by atoms with Crippen molar-refractivity contribution in [1.82, 2.24) is 4.90 Å². The highest BCUT2D eigenvalue weighted by molar-refractivity contribution is 5.70. The van der Waals surface area contributed by atoms with Crippen molar-refractivity contribution in [2.75, 3.05) is 48.3 Å². The Balaban J connectivity index is 3.32. The van der Waals surface area contributed by atoms with Crippen LogP contribution in [0.4, 0.5) is 4.79 Å². The van der Waals surface area contributed by atoms with Crippen molar-refractivity contribution in [3.8, 4) is 12.3 Å². The SMILES string of the molecule is C#C[C@@H](OCOC)[C@H](OCOC)[C@@H](OCOC)[C@@H]1COC(C)(C)N1C(=O)OC(C)(C)C. The lowest BCUT2D eigenvalue weighted by Crippen LogP contribution is -2.58. The summed E-state index contributed by atoms with van der Waals surface area (Å²) in [6.07, 6.45) is 2.68. The van der Waals surface area contributed by atoms with Gasteiger partial charge in [0.05, 0.1) is 12.6 Å². The van der Waals surface area contributed by atoms with E-state index in [9.17, 15) is 4.79 Å². The van der Waals surface area contributed by atoms with Crippen molar-refractivity contribution < 1.29 is 42.7 Å². The normalized spacial score (nSPS) is 21.4. The molecule has 1 saturated heterocycles. The van der Waals surface area contributed by atoms with Gasteiger partial charge >= 0.3 is 6.09 Å². The van der Waals surface area contributed by atoms with Crippen LogP contribution < -0.4 is 0 Å². The number of ether oxygens (including phenoxy) is 8. The van der Waals surface area contributed by atoms with E-state index in [2.05, 4.69) is 5.92 Å². The molecule has 1 fully saturated rings. The summed E-state index contributed by atoms with van der Waals surface area (Å²) in [7, 11) is 4.45. The largest absolute Gasteiger partial charge is 0.444 e. The Hall–Kier alpha value is -1.45. The van der Waals surface area contributed by atoms with Gasteiger partial charge in [-0.1, -0.05) is 5.92 Å². The lowest BCUT2D eigenvalue weighted by molar-refractivity contribution is -0.207. The Bertz CT molecular complexity index is 584. The lowest BCUT2D eigenvalue weighted by Gasteiger charge is -2.40. The minimum Gasteiger partial charge on any atom is -0.444 e. The first kappa shape index (κ1) is 27.6. The minimum absolute atomic E-state index is 0.0544. The molecule has 0 unspecified atom stereocenters. The number of amides is 1. The van der Waals surface area contributed by atoms with Crippen LogP contribution in [0.15, 0.2) is 0 Å². The molecular formula is C21H37NO9. The molecule has 1 amide bonds.